The Morgan fingerprint density at radius 3 is 2.50 bits per heavy atom. The lowest BCUT2D eigenvalue weighted by molar-refractivity contribution is 0.0929. The van der Waals surface area contributed by atoms with Crippen LogP contribution in [0.15, 0.2) is 54.6 Å². The molecule has 2 amide bonds. The van der Waals surface area contributed by atoms with Gasteiger partial charge in [0.25, 0.3) is 11.8 Å². The van der Waals surface area contributed by atoms with Crippen LogP contribution in [0.5, 0.6) is 11.5 Å². The Bertz CT molecular complexity index is 1030. The smallest absolute Gasteiger partial charge is 0.261 e. The number of fused-ring (bicyclic) bond motifs is 3. The van der Waals surface area contributed by atoms with Gasteiger partial charge in [0, 0.05) is 34.7 Å². The number of hydrogen-bond acceptors (Lipinski definition) is 5. The molecule has 28 heavy (non-hydrogen) atoms. The Labute approximate surface area is 165 Å². The Kier molecular flexibility index (Phi) is 4.99. The third kappa shape index (κ3) is 3.70. The second-order valence-electron chi connectivity index (χ2n) is 6.31. The molecule has 7 heteroatoms. The van der Waals surface area contributed by atoms with Crippen molar-refractivity contribution in [2.75, 3.05) is 13.1 Å². The molecule has 0 radical (unpaired) electrons. The fraction of sp³-hybridized carbons (Fsp3) is 0.143. The van der Waals surface area contributed by atoms with Crippen molar-refractivity contribution >= 4 is 23.2 Å². The molecule has 1 aliphatic rings. The number of phenolic OH excluding ortho intramolecular Hbond substituents is 1. The molecule has 1 aromatic heterocycles. The maximum Gasteiger partial charge on any atom is 0.261 e. The van der Waals surface area contributed by atoms with Gasteiger partial charge in [-0.05, 0) is 42.5 Å². The summed E-state index contributed by atoms with van der Waals surface area (Å²) >= 11 is 1.45. The molecule has 2 aromatic carbocycles. The maximum absolute atomic E-state index is 12.4. The lowest BCUT2D eigenvalue weighted by atomic mass is 10.1. The molecule has 1 aliphatic heterocycles. The van der Waals surface area contributed by atoms with E-state index in [1.165, 1.54) is 23.5 Å². The molecule has 0 spiro atoms. The highest BCUT2D eigenvalue weighted by Gasteiger charge is 2.22. The van der Waals surface area contributed by atoms with Crippen LogP contribution in [0.1, 0.15) is 25.6 Å². The van der Waals surface area contributed by atoms with E-state index in [4.69, 9.17) is 4.74 Å². The number of para-hydroxylation sites is 1. The number of carbonyl (C=O) groups is 2. The Balaban J connectivity index is 1.32. The molecule has 0 atom stereocenters. The molecular weight excluding hydrogens is 376 g/mol. The van der Waals surface area contributed by atoms with E-state index in [1.807, 2.05) is 30.3 Å². The number of carbonyl (C=O) groups excluding carboxylic acids is 2. The molecule has 2 heterocycles. The molecule has 3 aromatic rings. The highest BCUT2D eigenvalue weighted by molar-refractivity contribution is 7.17. The molecule has 6 nitrogen and oxygen atoms in total. The summed E-state index contributed by atoms with van der Waals surface area (Å²) in [5.41, 5.74) is 2.47. The van der Waals surface area contributed by atoms with Crippen molar-refractivity contribution in [2.45, 2.75) is 6.61 Å². The number of amides is 2. The van der Waals surface area contributed by atoms with Gasteiger partial charge in [0.2, 0.25) is 0 Å². The normalized spacial score (nSPS) is 11.7. The van der Waals surface area contributed by atoms with Crippen LogP contribution in [-0.2, 0) is 6.61 Å². The molecule has 142 valence electrons. The van der Waals surface area contributed by atoms with Gasteiger partial charge in [-0.15, -0.1) is 11.3 Å². The van der Waals surface area contributed by atoms with E-state index >= 15 is 0 Å². The first-order chi connectivity index (χ1) is 13.6. The highest BCUT2D eigenvalue weighted by Crippen LogP contribution is 2.42. The third-order valence-corrected chi connectivity index (χ3v) is 5.58. The Hall–Kier alpha value is -3.32. The number of aromatic hydroxyl groups is 1. The topological polar surface area (TPSA) is 87.7 Å². The largest absolute Gasteiger partial charge is 0.508 e. The molecular formula is C21H18N2O4S. The van der Waals surface area contributed by atoms with Crippen molar-refractivity contribution in [3.05, 3.63) is 70.6 Å². The van der Waals surface area contributed by atoms with Gasteiger partial charge in [0.1, 0.15) is 18.1 Å². The van der Waals surface area contributed by atoms with E-state index in [2.05, 4.69) is 10.6 Å². The Morgan fingerprint density at radius 2 is 1.71 bits per heavy atom. The van der Waals surface area contributed by atoms with Gasteiger partial charge in [-0.1, -0.05) is 12.1 Å². The predicted octanol–water partition coefficient (Wildman–Crippen LogP) is 3.17. The van der Waals surface area contributed by atoms with E-state index < -0.39 is 0 Å². The summed E-state index contributed by atoms with van der Waals surface area (Å²) in [6, 6.07) is 15.6. The molecule has 3 N–H and O–H groups in total. The number of nitrogens with one attached hydrogen (secondary N) is 2. The van der Waals surface area contributed by atoms with Crippen LogP contribution in [-0.4, -0.2) is 30.0 Å². The maximum atomic E-state index is 12.4. The van der Waals surface area contributed by atoms with Crippen molar-refractivity contribution in [2.24, 2.45) is 0 Å². The first-order valence-corrected chi connectivity index (χ1v) is 9.64. The summed E-state index contributed by atoms with van der Waals surface area (Å²) in [6.07, 6.45) is 0. The minimum absolute atomic E-state index is 0.107. The molecule has 0 saturated carbocycles. The van der Waals surface area contributed by atoms with Crippen LogP contribution in [0.3, 0.4) is 0 Å². The fourth-order valence-electron chi connectivity index (χ4n) is 2.97. The second-order valence-corrected chi connectivity index (χ2v) is 7.36. The van der Waals surface area contributed by atoms with Crippen molar-refractivity contribution < 1.29 is 19.4 Å². The van der Waals surface area contributed by atoms with Gasteiger partial charge in [-0.25, -0.2) is 0 Å². The van der Waals surface area contributed by atoms with Crippen LogP contribution in [0.2, 0.25) is 0 Å². The van der Waals surface area contributed by atoms with Gasteiger partial charge in [0.15, 0.2) is 0 Å². The number of hydrogen-bond donors (Lipinski definition) is 3. The van der Waals surface area contributed by atoms with Crippen molar-refractivity contribution in [1.82, 2.24) is 10.6 Å². The Morgan fingerprint density at radius 1 is 1.00 bits per heavy atom. The van der Waals surface area contributed by atoms with Crippen molar-refractivity contribution in [3.63, 3.8) is 0 Å². The van der Waals surface area contributed by atoms with Gasteiger partial charge in [-0.3, -0.25) is 9.59 Å². The number of rotatable bonds is 5. The third-order valence-electron chi connectivity index (χ3n) is 4.37. The zero-order valence-electron chi connectivity index (χ0n) is 14.9. The minimum atomic E-state index is -0.255. The zero-order chi connectivity index (χ0) is 19.5. The molecule has 0 saturated heterocycles. The average molecular weight is 394 g/mol. The van der Waals surface area contributed by atoms with Crippen LogP contribution in [0.25, 0.3) is 10.4 Å². The van der Waals surface area contributed by atoms with Crippen LogP contribution in [0, 0.1) is 0 Å². The number of thiophene rings is 1. The molecule has 0 aliphatic carbocycles. The van der Waals surface area contributed by atoms with Gasteiger partial charge >= 0.3 is 0 Å². The summed E-state index contributed by atoms with van der Waals surface area (Å²) in [6.45, 7) is 1.08. The second kappa shape index (κ2) is 7.74. The first kappa shape index (κ1) is 18.1. The van der Waals surface area contributed by atoms with Gasteiger partial charge in [0.05, 0.1) is 4.88 Å². The quantitative estimate of drug-likeness (QED) is 0.580. The van der Waals surface area contributed by atoms with Gasteiger partial charge < -0.3 is 20.5 Å². The molecule has 0 unspecified atom stereocenters. The highest BCUT2D eigenvalue weighted by atomic mass is 32.1. The van der Waals surface area contributed by atoms with E-state index in [9.17, 15) is 14.7 Å². The van der Waals surface area contributed by atoms with Crippen molar-refractivity contribution in [3.8, 4) is 21.9 Å². The zero-order valence-corrected chi connectivity index (χ0v) is 15.7. The summed E-state index contributed by atoms with van der Waals surface area (Å²) in [7, 11) is 0. The van der Waals surface area contributed by atoms with E-state index in [1.54, 1.807) is 12.1 Å². The molecule has 0 bridgehead atoms. The summed E-state index contributed by atoms with van der Waals surface area (Å²) in [4.78, 5) is 26.1. The van der Waals surface area contributed by atoms with Gasteiger partial charge in [-0.2, -0.15) is 0 Å². The standard InChI is InChI=1S/C21H18N2O4S/c24-15-7-5-13(6-8-15)20(25)22-9-10-23-21(26)18-11-14-12-27-17-4-2-1-3-16(17)19(14)28-18/h1-8,11,24H,9-10,12H2,(H,22,25)(H,23,26). The molecule has 0 fully saturated rings. The molecule has 4 rings (SSSR count). The first-order valence-electron chi connectivity index (χ1n) is 8.82. The summed E-state index contributed by atoms with van der Waals surface area (Å²) < 4.78 is 5.73. The number of benzene rings is 2. The monoisotopic (exact) mass is 394 g/mol. The van der Waals surface area contributed by atoms with E-state index in [0.29, 0.717) is 30.1 Å². The lowest BCUT2D eigenvalue weighted by Gasteiger charge is -2.16. The minimum Gasteiger partial charge on any atom is -0.508 e. The van der Waals surface area contributed by atoms with Crippen LogP contribution in [0.4, 0.5) is 0 Å². The van der Waals surface area contributed by atoms with Crippen molar-refractivity contribution in [1.29, 1.82) is 0 Å². The van der Waals surface area contributed by atoms with E-state index in [0.717, 1.165) is 21.8 Å². The summed E-state index contributed by atoms with van der Waals surface area (Å²) in [5.74, 6) is 0.515. The predicted molar refractivity (Wildman–Crippen MR) is 107 cm³/mol. The number of phenols is 1. The average Bonchev–Trinajstić information content (AvgIpc) is 3.16. The lowest BCUT2D eigenvalue weighted by Crippen LogP contribution is -2.34. The summed E-state index contributed by atoms with van der Waals surface area (Å²) in [5, 5.41) is 14.8. The van der Waals surface area contributed by atoms with E-state index in [-0.39, 0.29) is 17.6 Å². The fourth-order valence-corrected chi connectivity index (χ4v) is 4.08. The SMILES string of the molecule is O=C(NCCNC(=O)c1cc2c(s1)-c1ccccc1OC2)c1ccc(O)cc1. The number of ether oxygens (including phenoxy) is 1. The van der Waals surface area contributed by atoms with Crippen LogP contribution < -0.4 is 15.4 Å². The van der Waals surface area contributed by atoms with Crippen LogP contribution >= 0.6 is 11.3 Å².